The van der Waals surface area contributed by atoms with Gasteiger partial charge in [-0.1, -0.05) is 19.1 Å². The lowest BCUT2D eigenvalue weighted by atomic mass is 9.66. The van der Waals surface area contributed by atoms with Gasteiger partial charge in [-0.2, -0.15) is 13.2 Å². The van der Waals surface area contributed by atoms with Crippen molar-refractivity contribution in [1.29, 1.82) is 0 Å². The molecule has 1 aliphatic heterocycles. The molecule has 4 nitrogen and oxygen atoms in total. The molecule has 0 N–H and O–H groups in total. The number of aliphatic imine (C=N–C) groups is 1. The van der Waals surface area contributed by atoms with Crippen LogP contribution >= 0.6 is 0 Å². The smallest absolute Gasteiger partial charge is 0.337 e. The number of carbonyl (C=O) groups excluding carboxylic acids is 2. The second kappa shape index (κ2) is 6.62. The Kier molecular flexibility index (Phi) is 4.74. The highest BCUT2D eigenvalue weighted by Gasteiger charge is 2.49. The summed E-state index contributed by atoms with van der Waals surface area (Å²) < 4.78 is 41.8. The molecule has 3 rings (SSSR count). The van der Waals surface area contributed by atoms with E-state index in [1.807, 2.05) is 19.1 Å². The quantitative estimate of drug-likeness (QED) is 0.583. The van der Waals surface area contributed by atoms with Crippen LogP contribution in [0.5, 0.6) is 0 Å². The Labute approximate surface area is 155 Å². The first kappa shape index (κ1) is 19.3. The fourth-order valence-electron chi connectivity index (χ4n) is 3.87. The molecule has 0 saturated heterocycles. The summed E-state index contributed by atoms with van der Waals surface area (Å²) in [5, 5.41) is 0. The molecule has 27 heavy (non-hydrogen) atoms. The maximum Gasteiger partial charge on any atom is 0.432 e. The summed E-state index contributed by atoms with van der Waals surface area (Å²) in [5.74, 6) is -1.29. The zero-order valence-electron chi connectivity index (χ0n) is 15.4. The van der Waals surface area contributed by atoms with Crippen molar-refractivity contribution >= 4 is 17.3 Å². The highest BCUT2D eigenvalue weighted by molar-refractivity contribution is 6.09. The van der Waals surface area contributed by atoms with Crippen molar-refractivity contribution in [2.45, 2.75) is 45.5 Å². The van der Waals surface area contributed by atoms with Crippen LogP contribution in [-0.4, -0.2) is 33.6 Å². The Hall–Kier alpha value is -2.44. The fourth-order valence-corrected chi connectivity index (χ4v) is 3.87. The summed E-state index contributed by atoms with van der Waals surface area (Å²) in [6.45, 7) is 4.70. The molecule has 7 heteroatoms. The number of fused-ring (bicyclic) bond motifs is 1. The molecule has 0 fully saturated rings. The van der Waals surface area contributed by atoms with E-state index in [0.29, 0.717) is 12.1 Å². The van der Waals surface area contributed by atoms with Crippen LogP contribution in [0, 0.1) is 11.8 Å². The molecule has 0 aromatic carbocycles. The summed E-state index contributed by atoms with van der Waals surface area (Å²) >= 11 is 0. The number of hydrogen-bond donors (Lipinski definition) is 0. The highest BCUT2D eigenvalue weighted by atomic mass is 19.4. The van der Waals surface area contributed by atoms with Gasteiger partial charge >= 0.3 is 6.18 Å². The van der Waals surface area contributed by atoms with Gasteiger partial charge in [0.05, 0.1) is 17.8 Å². The molecule has 3 unspecified atom stereocenters. The number of nitrogens with zero attached hydrogens (tertiary/aromatic N) is 2. The van der Waals surface area contributed by atoms with Gasteiger partial charge in [-0.15, -0.1) is 0 Å². The van der Waals surface area contributed by atoms with Gasteiger partial charge in [0, 0.05) is 24.6 Å². The van der Waals surface area contributed by atoms with E-state index in [4.69, 9.17) is 0 Å². The molecule has 0 saturated carbocycles. The van der Waals surface area contributed by atoms with Crippen molar-refractivity contribution in [3.05, 3.63) is 47.8 Å². The molecule has 2 heterocycles. The lowest BCUT2D eigenvalue weighted by Gasteiger charge is -2.44. The van der Waals surface area contributed by atoms with Gasteiger partial charge in [0.25, 0.3) is 0 Å². The third kappa shape index (κ3) is 3.42. The van der Waals surface area contributed by atoms with Gasteiger partial charge in [0.1, 0.15) is 5.71 Å². The molecule has 0 bridgehead atoms. The number of allylic oxidation sites excluding steroid dienone is 2. The minimum absolute atomic E-state index is 0.124. The van der Waals surface area contributed by atoms with Gasteiger partial charge in [-0.05, 0) is 37.5 Å². The molecule has 1 aliphatic carbocycles. The molecule has 144 valence electrons. The summed E-state index contributed by atoms with van der Waals surface area (Å²) in [4.78, 5) is 28.7. The zero-order valence-corrected chi connectivity index (χ0v) is 15.4. The Morgan fingerprint density at radius 2 is 2.07 bits per heavy atom. The predicted octanol–water partition coefficient (Wildman–Crippen LogP) is 4.17. The Balaban J connectivity index is 2.01. The standard InChI is InChI=1S/C20H21F3N2O2/c1-12-6-4-7-15-14(10-18(20(21,22)23)24-19(12,15)3)17(27)11-25-9-5-8-16(25)13(2)26/h4-6,8-10,12,15H,7,11H2,1-3H3. The normalized spacial score (nSPS) is 27.6. The Bertz CT molecular complexity index is 876. The molecule has 0 radical (unpaired) electrons. The van der Waals surface area contributed by atoms with Crippen LogP contribution in [0.3, 0.4) is 0 Å². The molecule has 2 aliphatic rings. The van der Waals surface area contributed by atoms with Crippen molar-refractivity contribution in [3.8, 4) is 0 Å². The van der Waals surface area contributed by atoms with Crippen LogP contribution in [0.2, 0.25) is 0 Å². The van der Waals surface area contributed by atoms with Crippen LogP contribution in [0.25, 0.3) is 0 Å². The van der Waals surface area contributed by atoms with Crippen molar-refractivity contribution in [3.63, 3.8) is 0 Å². The number of Topliss-reactive ketones (excluding diaryl/α,β-unsaturated/α-hetero) is 2. The molecular weight excluding hydrogens is 357 g/mol. The number of halogens is 3. The third-order valence-corrected chi connectivity index (χ3v) is 5.57. The number of aromatic nitrogens is 1. The molecule has 0 amide bonds. The van der Waals surface area contributed by atoms with Crippen molar-refractivity contribution < 1.29 is 22.8 Å². The van der Waals surface area contributed by atoms with E-state index in [-0.39, 0.29) is 23.8 Å². The van der Waals surface area contributed by atoms with Gasteiger partial charge in [-0.25, -0.2) is 0 Å². The first-order valence-corrected chi connectivity index (χ1v) is 8.78. The van der Waals surface area contributed by atoms with Crippen molar-refractivity contribution in [2.75, 3.05) is 0 Å². The van der Waals surface area contributed by atoms with E-state index >= 15 is 0 Å². The summed E-state index contributed by atoms with van der Waals surface area (Å²) in [7, 11) is 0. The number of rotatable bonds is 4. The number of hydrogen-bond acceptors (Lipinski definition) is 3. The SMILES string of the molecule is CC(=O)c1cccn1CC(=O)C1=CC(C(F)(F)F)=NC2(C)C(C)C=CCC12. The fraction of sp³-hybridized carbons (Fsp3) is 0.450. The van der Waals surface area contributed by atoms with E-state index in [1.54, 1.807) is 25.3 Å². The van der Waals surface area contributed by atoms with E-state index in [9.17, 15) is 22.8 Å². The number of dihydropyridines is 1. The number of carbonyl (C=O) groups is 2. The predicted molar refractivity (Wildman–Crippen MR) is 95.8 cm³/mol. The molecule has 1 aromatic rings. The average molecular weight is 378 g/mol. The van der Waals surface area contributed by atoms with E-state index in [2.05, 4.69) is 4.99 Å². The highest BCUT2D eigenvalue weighted by Crippen LogP contribution is 2.45. The van der Waals surface area contributed by atoms with Gasteiger partial charge in [0.2, 0.25) is 0 Å². The first-order valence-electron chi connectivity index (χ1n) is 8.78. The second-order valence-corrected chi connectivity index (χ2v) is 7.33. The zero-order chi connectivity index (χ0) is 20.0. The maximum absolute atomic E-state index is 13.4. The molecule has 3 atom stereocenters. The Morgan fingerprint density at radius 3 is 2.70 bits per heavy atom. The summed E-state index contributed by atoms with van der Waals surface area (Å²) in [6, 6.07) is 3.22. The van der Waals surface area contributed by atoms with Crippen LogP contribution in [0.4, 0.5) is 13.2 Å². The van der Waals surface area contributed by atoms with Gasteiger partial charge < -0.3 is 4.57 Å². The van der Waals surface area contributed by atoms with Crippen molar-refractivity contribution in [2.24, 2.45) is 16.8 Å². The van der Waals surface area contributed by atoms with Crippen LogP contribution in [0.1, 0.15) is 37.7 Å². The topological polar surface area (TPSA) is 51.4 Å². The number of alkyl halides is 3. The summed E-state index contributed by atoms with van der Waals surface area (Å²) in [5.41, 5.74) is -1.58. The van der Waals surface area contributed by atoms with E-state index < -0.39 is 29.1 Å². The lowest BCUT2D eigenvalue weighted by Crippen LogP contribution is -2.47. The lowest BCUT2D eigenvalue weighted by molar-refractivity contribution is -0.117. The third-order valence-electron chi connectivity index (χ3n) is 5.57. The van der Waals surface area contributed by atoms with Gasteiger partial charge in [-0.3, -0.25) is 14.6 Å². The van der Waals surface area contributed by atoms with Gasteiger partial charge in [0.15, 0.2) is 11.6 Å². The Morgan fingerprint density at radius 1 is 1.37 bits per heavy atom. The molecular formula is C20H21F3N2O2. The van der Waals surface area contributed by atoms with Crippen LogP contribution < -0.4 is 0 Å². The second-order valence-electron chi connectivity index (χ2n) is 7.33. The monoisotopic (exact) mass is 378 g/mol. The molecule has 1 aromatic heterocycles. The van der Waals surface area contributed by atoms with E-state index in [1.165, 1.54) is 11.5 Å². The van der Waals surface area contributed by atoms with Crippen molar-refractivity contribution in [1.82, 2.24) is 4.57 Å². The average Bonchev–Trinajstić information content (AvgIpc) is 3.02. The first-order chi connectivity index (χ1) is 12.5. The number of ketones is 2. The minimum Gasteiger partial charge on any atom is -0.337 e. The van der Waals surface area contributed by atoms with Crippen LogP contribution in [0.15, 0.2) is 47.1 Å². The minimum atomic E-state index is -4.63. The summed E-state index contributed by atoms with van der Waals surface area (Å²) in [6.07, 6.45) is 2.04. The molecule has 0 spiro atoms. The largest absolute Gasteiger partial charge is 0.432 e. The maximum atomic E-state index is 13.4. The van der Waals surface area contributed by atoms with Crippen LogP contribution in [-0.2, 0) is 11.3 Å². The van der Waals surface area contributed by atoms with E-state index in [0.717, 1.165) is 6.08 Å².